The number of carbonyl (C=O) groups excluding carboxylic acids is 2. The molecule has 0 fully saturated rings. The second kappa shape index (κ2) is 7.03. The van der Waals surface area contributed by atoms with Gasteiger partial charge in [0.25, 0.3) is 5.91 Å². The number of nitrogens with zero attached hydrogens (tertiary/aromatic N) is 2. The molecular weight excluding hydrogens is 336 g/mol. The van der Waals surface area contributed by atoms with Crippen LogP contribution in [0, 0.1) is 6.92 Å². The average Bonchev–Trinajstić information content (AvgIpc) is 2.92. The third kappa shape index (κ3) is 3.80. The molecule has 0 atom stereocenters. The maximum atomic E-state index is 13.3. The summed E-state index contributed by atoms with van der Waals surface area (Å²) in [5.74, 6) is -0.499. The number of rotatable bonds is 3. The van der Waals surface area contributed by atoms with E-state index in [0.29, 0.717) is 12.1 Å². The van der Waals surface area contributed by atoms with Crippen LogP contribution in [0.5, 0.6) is 0 Å². The van der Waals surface area contributed by atoms with E-state index in [-0.39, 0.29) is 11.8 Å². The van der Waals surface area contributed by atoms with E-state index in [1.54, 1.807) is 0 Å². The van der Waals surface area contributed by atoms with Crippen LogP contribution < -0.4 is 0 Å². The number of imide groups is 1. The van der Waals surface area contributed by atoms with E-state index in [9.17, 15) is 9.59 Å². The van der Waals surface area contributed by atoms with E-state index in [1.165, 1.54) is 11.8 Å². The van der Waals surface area contributed by atoms with E-state index < -0.39 is 5.54 Å². The summed E-state index contributed by atoms with van der Waals surface area (Å²) in [6.07, 6.45) is 1.88. The molecule has 4 heteroatoms. The SMILES string of the molecule is CC(=O)N(C(=O)c1cn(Cc2ccccc2)c2ccc(C)cc12)C(C)(C)C. The summed E-state index contributed by atoms with van der Waals surface area (Å²) in [5.41, 5.74) is 3.22. The second-order valence-electron chi connectivity index (χ2n) is 8.01. The molecule has 3 aromatic rings. The minimum absolute atomic E-state index is 0.246. The molecule has 140 valence electrons. The zero-order valence-corrected chi connectivity index (χ0v) is 16.6. The lowest BCUT2D eigenvalue weighted by atomic mass is 10.0. The van der Waals surface area contributed by atoms with Crippen LogP contribution in [0.3, 0.4) is 0 Å². The second-order valence-corrected chi connectivity index (χ2v) is 8.01. The predicted octanol–water partition coefficient (Wildman–Crippen LogP) is 4.79. The van der Waals surface area contributed by atoms with Gasteiger partial charge in [-0.1, -0.05) is 42.0 Å². The molecular formula is C23H26N2O2. The summed E-state index contributed by atoms with van der Waals surface area (Å²) in [4.78, 5) is 26.9. The van der Waals surface area contributed by atoms with Crippen molar-refractivity contribution < 1.29 is 9.59 Å². The number of hydrogen-bond donors (Lipinski definition) is 0. The Hall–Kier alpha value is -2.88. The highest BCUT2D eigenvalue weighted by molar-refractivity contribution is 6.12. The molecule has 3 rings (SSSR count). The van der Waals surface area contributed by atoms with Crippen LogP contribution in [0.4, 0.5) is 0 Å². The number of aryl methyl sites for hydroxylation is 1. The molecule has 0 bridgehead atoms. The fourth-order valence-electron chi connectivity index (χ4n) is 3.53. The van der Waals surface area contributed by atoms with Gasteiger partial charge in [-0.25, -0.2) is 0 Å². The van der Waals surface area contributed by atoms with Crippen LogP contribution in [-0.2, 0) is 11.3 Å². The number of carbonyl (C=O) groups is 2. The molecule has 27 heavy (non-hydrogen) atoms. The first-order valence-corrected chi connectivity index (χ1v) is 9.17. The van der Waals surface area contributed by atoms with Gasteiger partial charge in [-0.3, -0.25) is 14.5 Å². The molecule has 0 aliphatic carbocycles. The van der Waals surface area contributed by atoms with Crippen LogP contribution in [0.1, 0.15) is 49.2 Å². The lowest BCUT2D eigenvalue weighted by Crippen LogP contribution is -2.48. The summed E-state index contributed by atoms with van der Waals surface area (Å²) in [5, 5.41) is 0.881. The number of amides is 2. The summed E-state index contributed by atoms with van der Waals surface area (Å²) >= 11 is 0. The van der Waals surface area contributed by atoms with Crippen LogP contribution in [0.2, 0.25) is 0 Å². The number of aromatic nitrogens is 1. The Balaban J connectivity index is 2.14. The van der Waals surface area contributed by atoms with Crippen LogP contribution in [0.25, 0.3) is 10.9 Å². The summed E-state index contributed by atoms with van der Waals surface area (Å²) in [7, 11) is 0. The lowest BCUT2D eigenvalue weighted by Gasteiger charge is -2.32. The molecule has 2 amide bonds. The van der Waals surface area contributed by atoms with Crippen LogP contribution in [0.15, 0.2) is 54.7 Å². The van der Waals surface area contributed by atoms with Gasteiger partial charge in [0.15, 0.2) is 0 Å². The lowest BCUT2D eigenvalue weighted by molar-refractivity contribution is -0.129. The zero-order valence-electron chi connectivity index (χ0n) is 16.6. The van der Waals surface area contributed by atoms with Crippen molar-refractivity contribution in [2.45, 2.75) is 46.7 Å². The minimum atomic E-state index is -0.583. The molecule has 0 radical (unpaired) electrons. The fourth-order valence-corrected chi connectivity index (χ4v) is 3.53. The quantitative estimate of drug-likeness (QED) is 0.672. The number of hydrogen-bond acceptors (Lipinski definition) is 2. The van der Waals surface area contributed by atoms with Gasteiger partial charge in [-0.15, -0.1) is 0 Å². The molecule has 0 saturated carbocycles. The number of benzene rings is 2. The highest BCUT2D eigenvalue weighted by Gasteiger charge is 2.32. The molecule has 1 heterocycles. The molecule has 0 saturated heterocycles. The van der Waals surface area contributed by atoms with Crippen molar-refractivity contribution >= 4 is 22.7 Å². The van der Waals surface area contributed by atoms with Crippen LogP contribution in [-0.4, -0.2) is 26.8 Å². The molecule has 0 unspecified atom stereocenters. The number of fused-ring (bicyclic) bond motifs is 1. The van der Waals surface area contributed by atoms with Crippen molar-refractivity contribution in [1.82, 2.24) is 9.47 Å². The third-order valence-electron chi connectivity index (χ3n) is 4.65. The van der Waals surface area contributed by atoms with E-state index >= 15 is 0 Å². The smallest absolute Gasteiger partial charge is 0.263 e. The van der Waals surface area contributed by atoms with Crippen molar-refractivity contribution in [3.05, 3.63) is 71.4 Å². The molecule has 0 spiro atoms. The first kappa shape index (κ1) is 18.9. The van der Waals surface area contributed by atoms with Gasteiger partial charge in [0.1, 0.15) is 0 Å². The molecule has 4 nitrogen and oxygen atoms in total. The van der Waals surface area contributed by atoms with E-state index in [0.717, 1.165) is 22.0 Å². The van der Waals surface area contributed by atoms with Gasteiger partial charge >= 0.3 is 0 Å². The van der Waals surface area contributed by atoms with Gasteiger partial charge in [-0.2, -0.15) is 0 Å². The Morgan fingerprint density at radius 2 is 1.70 bits per heavy atom. The topological polar surface area (TPSA) is 42.3 Å². The van der Waals surface area contributed by atoms with Gasteiger partial charge in [0, 0.05) is 36.1 Å². The summed E-state index contributed by atoms with van der Waals surface area (Å²) in [6.45, 7) is 9.75. The largest absolute Gasteiger partial charge is 0.342 e. The van der Waals surface area contributed by atoms with Gasteiger partial charge in [0.05, 0.1) is 5.56 Å². The van der Waals surface area contributed by atoms with Crippen molar-refractivity contribution in [3.63, 3.8) is 0 Å². The van der Waals surface area contributed by atoms with E-state index in [2.05, 4.69) is 16.7 Å². The van der Waals surface area contributed by atoms with Crippen molar-refractivity contribution in [3.8, 4) is 0 Å². The Morgan fingerprint density at radius 1 is 1.04 bits per heavy atom. The molecule has 0 aliphatic rings. The molecule has 0 N–H and O–H groups in total. The first-order valence-electron chi connectivity index (χ1n) is 9.17. The Morgan fingerprint density at radius 3 is 2.30 bits per heavy atom. The van der Waals surface area contributed by atoms with E-state index in [1.807, 2.05) is 70.3 Å². The maximum Gasteiger partial charge on any atom is 0.263 e. The standard InChI is InChI=1S/C23H26N2O2/c1-16-11-12-21-19(13-16)20(22(27)25(17(2)26)23(3,4)5)15-24(21)14-18-9-7-6-8-10-18/h6-13,15H,14H2,1-5H3. The maximum absolute atomic E-state index is 13.3. The van der Waals surface area contributed by atoms with Crippen molar-refractivity contribution in [2.75, 3.05) is 0 Å². The molecule has 0 aliphatic heterocycles. The van der Waals surface area contributed by atoms with Gasteiger partial charge in [0.2, 0.25) is 5.91 Å². The monoisotopic (exact) mass is 362 g/mol. The van der Waals surface area contributed by atoms with Crippen molar-refractivity contribution in [2.24, 2.45) is 0 Å². The molecule has 1 aromatic heterocycles. The normalized spacial score (nSPS) is 11.6. The van der Waals surface area contributed by atoms with Gasteiger partial charge in [-0.05, 0) is 45.4 Å². The predicted molar refractivity (Wildman–Crippen MR) is 109 cm³/mol. The van der Waals surface area contributed by atoms with Crippen LogP contribution >= 0.6 is 0 Å². The minimum Gasteiger partial charge on any atom is -0.342 e. The summed E-state index contributed by atoms with van der Waals surface area (Å²) < 4.78 is 2.08. The Labute approximate surface area is 160 Å². The Kier molecular flexibility index (Phi) is 4.92. The van der Waals surface area contributed by atoms with E-state index in [4.69, 9.17) is 0 Å². The zero-order chi connectivity index (χ0) is 19.8. The molecule has 2 aromatic carbocycles. The Bertz CT molecular complexity index is 994. The fraction of sp³-hybridized carbons (Fsp3) is 0.304. The first-order chi connectivity index (χ1) is 12.7. The average molecular weight is 362 g/mol. The highest BCUT2D eigenvalue weighted by atomic mass is 16.2. The third-order valence-corrected chi connectivity index (χ3v) is 4.65. The summed E-state index contributed by atoms with van der Waals surface area (Å²) in [6, 6.07) is 16.2. The highest BCUT2D eigenvalue weighted by Crippen LogP contribution is 2.27. The van der Waals surface area contributed by atoms with Crippen molar-refractivity contribution in [1.29, 1.82) is 0 Å². The van der Waals surface area contributed by atoms with Gasteiger partial charge < -0.3 is 4.57 Å².